The quantitative estimate of drug-likeness (QED) is 0.0507. The Morgan fingerprint density at radius 2 is 0.895 bits per heavy atom. The van der Waals surface area contributed by atoms with Gasteiger partial charge in [0.2, 0.25) is 22.1 Å². The Kier molecular flexibility index (Phi) is 19.8. The molecule has 7 rings (SSSR count). The van der Waals surface area contributed by atoms with E-state index in [2.05, 4.69) is 50.2 Å². The second-order valence-corrected chi connectivity index (χ2v) is 25.9. The van der Waals surface area contributed by atoms with E-state index in [1.165, 1.54) is 20.0 Å². The molecule has 1 aliphatic heterocycles. The largest absolute Gasteiger partial charge is 0.497 e. The summed E-state index contributed by atoms with van der Waals surface area (Å²) in [6.45, 7) is 9.98. The zero-order valence-corrected chi connectivity index (χ0v) is 46.6. The van der Waals surface area contributed by atoms with Gasteiger partial charge in [0.1, 0.15) is 27.8 Å². The number of benzene rings is 3. The van der Waals surface area contributed by atoms with Gasteiger partial charge in [-0.2, -0.15) is 0 Å². The second kappa shape index (κ2) is 26.2. The summed E-state index contributed by atoms with van der Waals surface area (Å²) in [6, 6.07) is 32.7. The van der Waals surface area contributed by atoms with Crippen LogP contribution in [0.15, 0.2) is 109 Å². The van der Waals surface area contributed by atoms with Crippen molar-refractivity contribution in [1.82, 2.24) is 29.7 Å². The van der Waals surface area contributed by atoms with Crippen molar-refractivity contribution in [3.8, 4) is 47.0 Å². The SMILES string of the molecule is COc1ccc(C#Cc2cc(CN3CCN(Cc4cc(C#Cc5ccc(C)cc5)cc(P(C)(=O)O)n4)C[C@H](CCCCN)N(Cc4cc(C#Cc5ccc(OC)cc5)cc(P(C)(=O)O)n4)CC3)nc(P(C)(=O)O)c2)cc1. The van der Waals surface area contributed by atoms with Crippen LogP contribution in [0.25, 0.3) is 0 Å². The number of methoxy groups -OCH3 is 2. The van der Waals surface area contributed by atoms with Gasteiger partial charge in [-0.1, -0.05) is 59.6 Å². The molecule has 1 fully saturated rings. The number of hydrogen-bond acceptors (Lipinski definition) is 12. The highest BCUT2D eigenvalue weighted by atomic mass is 31.2. The third-order valence-electron chi connectivity index (χ3n) is 12.7. The smallest absolute Gasteiger partial charge is 0.244 e. The number of pyridine rings is 3. The first-order valence-corrected chi connectivity index (χ1v) is 31.3. The molecule has 5 N–H and O–H groups in total. The predicted molar refractivity (Wildman–Crippen MR) is 302 cm³/mol. The van der Waals surface area contributed by atoms with Crippen LogP contribution in [-0.2, 0) is 33.3 Å². The lowest BCUT2D eigenvalue weighted by Gasteiger charge is -2.35. The number of nitrogens with zero attached hydrogens (tertiary/aromatic N) is 6. The van der Waals surface area contributed by atoms with Crippen molar-refractivity contribution in [2.75, 3.05) is 73.5 Å². The fourth-order valence-electron chi connectivity index (χ4n) is 8.56. The monoisotopic (exact) mass is 1080 g/mol. The third kappa shape index (κ3) is 17.4. The number of aryl methyl sites for hydroxylation is 1. The molecule has 0 bridgehead atoms. The van der Waals surface area contributed by atoms with Crippen LogP contribution >= 0.6 is 22.1 Å². The van der Waals surface area contributed by atoms with Crippen LogP contribution < -0.4 is 31.5 Å². The molecule has 4 atom stereocenters. The van der Waals surface area contributed by atoms with Gasteiger partial charge in [-0.15, -0.1) is 0 Å². The molecule has 0 spiro atoms. The fraction of sp³-hybridized carbons (Fsp3) is 0.328. The van der Waals surface area contributed by atoms with Crippen molar-refractivity contribution < 1.29 is 37.8 Å². The molecule has 3 unspecified atom stereocenters. The molecular weight excluding hydrogens is 1020 g/mol. The van der Waals surface area contributed by atoms with Gasteiger partial charge in [-0.05, 0) is 123 Å². The van der Waals surface area contributed by atoms with E-state index >= 15 is 0 Å². The van der Waals surface area contributed by atoms with Crippen LogP contribution in [0.1, 0.15) is 75.3 Å². The van der Waals surface area contributed by atoms with Gasteiger partial charge >= 0.3 is 0 Å². The fourth-order valence-corrected chi connectivity index (χ4v) is 10.6. The summed E-state index contributed by atoms with van der Waals surface area (Å²) in [5.41, 5.74) is 13.0. The number of rotatable bonds is 15. The van der Waals surface area contributed by atoms with E-state index < -0.39 is 22.1 Å². The van der Waals surface area contributed by atoms with Gasteiger partial charge < -0.3 is 29.9 Å². The lowest BCUT2D eigenvalue weighted by atomic mass is 10.1. The minimum absolute atomic E-state index is 0.0505. The van der Waals surface area contributed by atoms with Gasteiger partial charge in [0.25, 0.3) is 0 Å². The standard InChI is InChI=1S/C58H66N7O8P3/c1-43-10-12-44(13-11-43)14-17-48-34-51(61-57(37-48)75(5,68)69)40-64-30-29-63(39-50-33-47(36-56(60-50)74(4,66)67)18-15-45-20-24-54(72-2)25-21-45)31-32-65(53(42-64)9-7-8-28-59)41-52-35-49(38-58(62-52)76(6,70)71)19-16-46-22-26-55(73-3)27-23-46/h10-13,20-27,33-38,53H,7-9,28-32,39-42,59H2,1-6H3,(H,66,67)(H,68,69)(H,70,71)/t53-/m0/s1. The van der Waals surface area contributed by atoms with E-state index in [1.54, 1.807) is 32.4 Å². The highest BCUT2D eigenvalue weighted by molar-refractivity contribution is 7.65. The van der Waals surface area contributed by atoms with Gasteiger partial charge in [0.15, 0.2) is 0 Å². The summed E-state index contributed by atoms with van der Waals surface area (Å²) in [6.07, 6.45) is 2.38. The molecule has 1 saturated heterocycles. The van der Waals surface area contributed by atoms with Crippen LogP contribution in [0.2, 0.25) is 0 Å². The molecule has 0 radical (unpaired) electrons. The van der Waals surface area contributed by atoms with E-state index in [0.717, 1.165) is 41.5 Å². The predicted octanol–water partition coefficient (Wildman–Crippen LogP) is 6.29. The average Bonchev–Trinajstić information content (AvgIpc) is 3.46. The summed E-state index contributed by atoms with van der Waals surface area (Å²) < 4.78 is 50.5. The molecule has 18 heteroatoms. The lowest BCUT2D eigenvalue weighted by Crippen LogP contribution is -2.44. The molecule has 6 aromatic rings. The number of ether oxygens (including phenoxy) is 2. The molecule has 1 aliphatic rings. The van der Waals surface area contributed by atoms with E-state index in [-0.39, 0.29) is 22.3 Å². The number of nitrogens with two attached hydrogens (primary N) is 1. The Bertz CT molecular complexity index is 3320. The zero-order chi connectivity index (χ0) is 54.5. The Hall–Kier alpha value is -6.20. The van der Waals surface area contributed by atoms with Gasteiger partial charge in [0.05, 0.1) is 31.3 Å². The molecule has 4 heterocycles. The first-order chi connectivity index (χ1) is 36.2. The van der Waals surface area contributed by atoms with Crippen LogP contribution in [0, 0.1) is 42.4 Å². The average molecular weight is 1080 g/mol. The van der Waals surface area contributed by atoms with Gasteiger partial charge in [0, 0.05) is 112 Å². The van der Waals surface area contributed by atoms with Crippen LogP contribution in [0.3, 0.4) is 0 Å². The molecular formula is C58H66N7O8P3. The minimum atomic E-state index is -3.84. The van der Waals surface area contributed by atoms with Gasteiger partial charge in [-0.3, -0.25) is 28.4 Å². The second-order valence-electron chi connectivity index (χ2n) is 19.2. The van der Waals surface area contributed by atoms with E-state index in [1.807, 2.05) is 97.9 Å². The zero-order valence-electron chi connectivity index (χ0n) is 43.9. The number of unbranched alkanes of at least 4 members (excludes halogenated alkanes) is 1. The Morgan fingerprint density at radius 3 is 1.30 bits per heavy atom. The van der Waals surface area contributed by atoms with Crippen molar-refractivity contribution in [3.05, 3.63) is 165 Å². The maximum atomic E-state index is 13.4. The molecule has 76 heavy (non-hydrogen) atoms. The molecule has 0 saturated carbocycles. The van der Waals surface area contributed by atoms with Crippen molar-refractivity contribution in [1.29, 1.82) is 0 Å². The Morgan fingerprint density at radius 1 is 0.526 bits per heavy atom. The summed E-state index contributed by atoms with van der Waals surface area (Å²) in [5, 5.41) is 0. The molecule has 0 amide bonds. The first kappa shape index (κ1) is 57.5. The highest BCUT2D eigenvalue weighted by Gasteiger charge is 2.28. The van der Waals surface area contributed by atoms with E-state index in [4.69, 9.17) is 30.2 Å². The Balaban J connectivity index is 1.29. The molecule has 3 aromatic heterocycles. The maximum absolute atomic E-state index is 13.4. The summed E-state index contributed by atoms with van der Waals surface area (Å²) in [7, 11) is -8.28. The molecule has 396 valence electrons. The summed E-state index contributed by atoms with van der Waals surface area (Å²) in [5.74, 6) is 20.5. The molecule has 3 aromatic carbocycles. The number of hydrogen-bond donors (Lipinski definition) is 4. The lowest BCUT2D eigenvalue weighted by molar-refractivity contribution is 0.126. The van der Waals surface area contributed by atoms with Crippen LogP contribution in [-0.4, -0.2) is 124 Å². The van der Waals surface area contributed by atoms with E-state index in [9.17, 15) is 28.4 Å². The van der Waals surface area contributed by atoms with Crippen molar-refractivity contribution >= 4 is 38.4 Å². The van der Waals surface area contributed by atoms with E-state index in [0.29, 0.717) is 104 Å². The van der Waals surface area contributed by atoms with Crippen LogP contribution in [0.5, 0.6) is 11.5 Å². The van der Waals surface area contributed by atoms with Gasteiger partial charge in [-0.25, -0.2) is 15.0 Å². The topological polar surface area (TPSA) is 205 Å². The summed E-state index contributed by atoms with van der Waals surface area (Å²) in [4.78, 5) is 53.9. The number of aromatic nitrogens is 3. The first-order valence-electron chi connectivity index (χ1n) is 25.0. The Labute approximate surface area is 447 Å². The van der Waals surface area contributed by atoms with Crippen molar-refractivity contribution in [3.63, 3.8) is 0 Å². The third-order valence-corrected chi connectivity index (χ3v) is 15.9. The minimum Gasteiger partial charge on any atom is -0.497 e. The summed E-state index contributed by atoms with van der Waals surface area (Å²) >= 11 is 0. The van der Waals surface area contributed by atoms with Crippen LogP contribution in [0.4, 0.5) is 0 Å². The maximum Gasteiger partial charge on any atom is 0.244 e. The molecule has 15 nitrogen and oxygen atoms in total. The van der Waals surface area contributed by atoms with Crippen molar-refractivity contribution in [2.45, 2.75) is 51.9 Å². The highest BCUT2D eigenvalue weighted by Crippen LogP contribution is 2.35. The normalized spacial score (nSPS) is 16.8. The van der Waals surface area contributed by atoms with Crippen molar-refractivity contribution in [2.24, 2.45) is 5.73 Å². The molecule has 0 aliphatic carbocycles.